The van der Waals surface area contributed by atoms with Gasteiger partial charge in [-0.2, -0.15) is 0 Å². The predicted molar refractivity (Wildman–Crippen MR) is 122 cm³/mol. The van der Waals surface area contributed by atoms with E-state index in [1.807, 2.05) is 0 Å². The number of hydrogen-bond acceptors (Lipinski definition) is 5. The average Bonchev–Trinajstić information content (AvgIpc) is 3.40. The number of nitrogens with two attached hydrogens (primary N) is 1. The number of carbonyl (C=O) groups is 2. The van der Waals surface area contributed by atoms with Gasteiger partial charge in [0.15, 0.2) is 21.5 Å². The van der Waals surface area contributed by atoms with Gasteiger partial charge in [-0.3, -0.25) is 9.59 Å². The second kappa shape index (κ2) is 9.42. The van der Waals surface area contributed by atoms with Crippen LogP contribution in [0.4, 0.5) is 8.78 Å². The summed E-state index contributed by atoms with van der Waals surface area (Å²) >= 11 is 0. The van der Waals surface area contributed by atoms with Gasteiger partial charge >= 0.3 is 0 Å². The van der Waals surface area contributed by atoms with Crippen LogP contribution >= 0.6 is 0 Å². The molecule has 3 N–H and O–H groups in total. The van der Waals surface area contributed by atoms with Crippen molar-refractivity contribution >= 4 is 21.7 Å². The van der Waals surface area contributed by atoms with Gasteiger partial charge in [-0.05, 0) is 60.7 Å². The van der Waals surface area contributed by atoms with Crippen molar-refractivity contribution in [3.8, 4) is 0 Å². The molecule has 3 atom stereocenters. The smallest absolute Gasteiger partial charge is 0.251 e. The minimum absolute atomic E-state index is 0.0634. The molecule has 0 aromatic heterocycles. The van der Waals surface area contributed by atoms with E-state index in [0.717, 1.165) is 11.8 Å². The Balaban J connectivity index is 1.33. The van der Waals surface area contributed by atoms with Gasteiger partial charge in [0, 0.05) is 49.3 Å². The average molecular weight is 492 g/mol. The maximum atomic E-state index is 13.7. The Labute approximate surface area is 197 Å². The molecule has 7 nitrogen and oxygen atoms in total. The van der Waals surface area contributed by atoms with E-state index < -0.39 is 33.4 Å². The first-order valence-electron chi connectivity index (χ1n) is 11.1. The fourth-order valence-electron chi connectivity index (χ4n) is 4.79. The number of fused-ring (bicyclic) bond motifs is 1. The van der Waals surface area contributed by atoms with Crippen LogP contribution in [0.1, 0.15) is 46.7 Å². The van der Waals surface area contributed by atoms with E-state index >= 15 is 0 Å². The molecule has 1 heterocycles. The summed E-state index contributed by atoms with van der Waals surface area (Å²) in [6.45, 7) is 0.783. The van der Waals surface area contributed by atoms with Crippen molar-refractivity contribution in [2.24, 2.45) is 5.73 Å². The molecule has 2 aliphatic rings. The van der Waals surface area contributed by atoms with Crippen LogP contribution in [0, 0.1) is 11.6 Å². The topological polar surface area (TPSA) is 110 Å². The number of amides is 2. The Kier molecular flexibility index (Phi) is 6.73. The predicted octanol–water partition coefficient (Wildman–Crippen LogP) is 2.15. The molecule has 1 saturated heterocycles. The molecule has 0 bridgehead atoms. The number of likely N-dealkylation sites (tertiary alicyclic amines) is 1. The van der Waals surface area contributed by atoms with Crippen LogP contribution in [0.2, 0.25) is 0 Å². The van der Waals surface area contributed by atoms with Gasteiger partial charge in [-0.15, -0.1) is 0 Å². The number of aryl methyl sites for hydroxylation is 1. The monoisotopic (exact) mass is 491 g/mol. The van der Waals surface area contributed by atoms with Crippen LogP contribution in [0.5, 0.6) is 0 Å². The fraction of sp³-hybridized carbons (Fsp3) is 0.417. The van der Waals surface area contributed by atoms with E-state index in [0.29, 0.717) is 37.9 Å². The summed E-state index contributed by atoms with van der Waals surface area (Å²) in [4.78, 5) is 27.1. The molecule has 0 saturated carbocycles. The first kappa shape index (κ1) is 24.3. The van der Waals surface area contributed by atoms with Gasteiger partial charge in [-0.1, -0.05) is 6.07 Å². The van der Waals surface area contributed by atoms with Crippen molar-refractivity contribution in [2.75, 3.05) is 19.3 Å². The molecule has 1 aliphatic carbocycles. The van der Waals surface area contributed by atoms with E-state index in [1.54, 1.807) is 4.90 Å². The molecule has 34 heavy (non-hydrogen) atoms. The van der Waals surface area contributed by atoms with Crippen molar-refractivity contribution in [2.45, 2.75) is 48.6 Å². The second-order valence-electron chi connectivity index (χ2n) is 9.08. The summed E-state index contributed by atoms with van der Waals surface area (Å²) in [6, 6.07) is 7.41. The van der Waals surface area contributed by atoms with Gasteiger partial charge in [-0.25, -0.2) is 17.2 Å². The molecule has 0 radical (unpaired) electrons. The summed E-state index contributed by atoms with van der Waals surface area (Å²) in [6.07, 6.45) is 2.94. The van der Waals surface area contributed by atoms with Crippen molar-refractivity contribution in [1.29, 1.82) is 0 Å². The third kappa shape index (κ3) is 5.12. The number of sulfone groups is 1. The molecule has 2 aromatic rings. The molecule has 2 amide bonds. The first-order valence-corrected chi connectivity index (χ1v) is 13.0. The van der Waals surface area contributed by atoms with Gasteiger partial charge in [0.2, 0.25) is 5.91 Å². The number of nitrogens with zero attached hydrogens (tertiary/aromatic N) is 1. The van der Waals surface area contributed by atoms with E-state index in [-0.39, 0.29) is 34.7 Å². The van der Waals surface area contributed by atoms with Gasteiger partial charge < -0.3 is 16.0 Å². The molecule has 3 unspecified atom stereocenters. The lowest BCUT2D eigenvalue weighted by Gasteiger charge is -2.23. The van der Waals surface area contributed by atoms with E-state index in [9.17, 15) is 26.8 Å². The minimum Gasteiger partial charge on any atom is -0.347 e. The largest absolute Gasteiger partial charge is 0.347 e. The van der Waals surface area contributed by atoms with Crippen LogP contribution in [-0.2, 0) is 21.1 Å². The van der Waals surface area contributed by atoms with Crippen LogP contribution in [0.3, 0.4) is 0 Å². The zero-order valence-electron chi connectivity index (χ0n) is 18.8. The van der Waals surface area contributed by atoms with E-state index in [2.05, 4.69) is 5.32 Å². The summed E-state index contributed by atoms with van der Waals surface area (Å²) in [5, 5.41) is 2.86. The highest BCUT2D eigenvalue weighted by Crippen LogP contribution is 2.37. The Morgan fingerprint density at radius 1 is 1.18 bits per heavy atom. The maximum absolute atomic E-state index is 13.7. The lowest BCUT2D eigenvalue weighted by atomic mass is 9.91. The maximum Gasteiger partial charge on any atom is 0.251 e. The fourth-order valence-corrected chi connectivity index (χ4v) is 5.46. The number of carbonyl (C=O) groups excluding carboxylic acids is 2. The zero-order valence-corrected chi connectivity index (χ0v) is 19.6. The molecular weight excluding hydrogens is 464 g/mol. The summed E-state index contributed by atoms with van der Waals surface area (Å²) in [5.41, 5.74) is 7.94. The number of nitrogens with one attached hydrogen (secondary N) is 1. The minimum atomic E-state index is -3.43. The molecule has 0 spiro atoms. The molecular formula is C24H27F2N3O4S. The third-order valence-corrected chi connectivity index (χ3v) is 7.74. The van der Waals surface area contributed by atoms with Gasteiger partial charge in [0.05, 0.1) is 4.90 Å². The summed E-state index contributed by atoms with van der Waals surface area (Å²) in [5.74, 6) is -2.56. The van der Waals surface area contributed by atoms with Gasteiger partial charge in [0.1, 0.15) is 0 Å². The van der Waals surface area contributed by atoms with Crippen molar-refractivity contribution in [1.82, 2.24) is 10.2 Å². The van der Waals surface area contributed by atoms with Crippen LogP contribution in [0.25, 0.3) is 0 Å². The molecule has 1 aliphatic heterocycles. The SMILES string of the molecule is CS(=O)(=O)c1cccc(C(=O)NC2CCN(C(=O)CC(N)C3CCc4cc(F)c(F)cc43)C2)c1. The van der Waals surface area contributed by atoms with Crippen molar-refractivity contribution in [3.63, 3.8) is 0 Å². The highest BCUT2D eigenvalue weighted by atomic mass is 32.2. The molecule has 182 valence electrons. The van der Waals surface area contributed by atoms with E-state index in [1.165, 1.54) is 36.4 Å². The van der Waals surface area contributed by atoms with Crippen LogP contribution in [0.15, 0.2) is 41.3 Å². The van der Waals surface area contributed by atoms with E-state index in [4.69, 9.17) is 5.73 Å². The Morgan fingerprint density at radius 3 is 2.65 bits per heavy atom. The number of rotatable bonds is 6. The highest BCUT2D eigenvalue weighted by Gasteiger charge is 2.33. The Morgan fingerprint density at radius 2 is 1.91 bits per heavy atom. The number of hydrogen-bond donors (Lipinski definition) is 2. The Hall–Kier alpha value is -2.85. The summed E-state index contributed by atoms with van der Waals surface area (Å²) < 4.78 is 50.7. The molecule has 10 heteroatoms. The highest BCUT2D eigenvalue weighted by molar-refractivity contribution is 7.90. The van der Waals surface area contributed by atoms with Crippen molar-refractivity contribution in [3.05, 3.63) is 64.7 Å². The van der Waals surface area contributed by atoms with Crippen LogP contribution < -0.4 is 11.1 Å². The van der Waals surface area contributed by atoms with Gasteiger partial charge in [0.25, 0.3) is 5.91 Å². The third-order valence-electron chi connectivity index (χ3n) is 6.63. The molecule has 2 aromatic carbocycles. The number of benzene rings is 2. The number of halogens is 2. The molecule has 1 fully saturated rings. The lowest BCUT2D eigenvalue weighted by Crippen LogP contribution is -2.40. The van der Waals surface area contributed by atoms with Crippen molar-refractivity contribution < 1.29 is 26.8 Å². The Bertz CT molecular complexity index is 1230. The normalized spacial score (nSPS) is 20.8. The second-order valence-corrected chi connectivity index (χ2v) is 11.1. The first-order chi connectivity index (χ1) is 16.0. The quantitative estimate of drug-likeness (QED) is 0.644. The van der Waals surface area contributed by atoms with Crippen LogP contribution in [-0.4, -0.2) is 56.6 Å². The zero-order chi connectivity index (χ0) is 24.6. The summed E-state index contributed by atoms with van der Waals surface area (Å²) in [7, 11) is -3.43. The lowest BCUT2D eigenvalue weighted by molar-refractivity contribution is -0.130. The molecule has 4 rings (SSSR count). The standard InChI is InChI=1S/C24H27F2N3O4S/c1-34(32,33)17-4-2-3-15(9-17)24(31)28-16-7-8-29(13-16)23(30)12-22(27)18-6-5-14-10-20(25)21(26)11-19(14)18/h2-4,9-11,16,18,22H,5-8,12-13,27H2,1H3,(H,28,31).